The lowest BCUT2D eigenvalue weighted by Gasteiger charge is -2.23. The van der Waals surface area contributed by atoms with Crippen molar-refractivity contribution < 1.29 is 19.8 Å². The maximum absolute atomic E-state index is 12.3. The highest BCUT2D eigenvalue weighted by Crippen LogP contribution is 2.42. The molecule has 8 nitrogen and oxygen atoms in total. The van der Waals surface area contributed by atoms with Gasteiger partial charge in [-0.05, 0) is 90.0 Å². The zero-order valence-corrected chi connectivity index (χ0v) is 27.2. The number of carboxylic acid groups (broad SMARTS) is 2. The molecule has 0 spiro atoms. The van der Waals surface area contributed by atoms with Gasteiger partial charge in [0.05, 0.1) is 39.6 Å². The Balaban J connectivity index is 1.36. The molecule has 0 radical (unpaired) electrons. The molecule has 7 rings (SSSR count). The fraction of sp³-hybridized carbons (Fsp3) is 0. The molecule has 0 atom stereocenters. The number of benzene rings is 3. The van der Waals surface area contributed by atoms with E-state index in [0.717, 1.165) is 32.4 Å². The molecule has 0 saturated heterocycles. The minimum Gasteiger partial charge on any atom is -0.478 e. The number of carbonyl (C=O) groups is 2. The van der Waals surface area contributed by atoms with Crippen LogP contribution in [-0.4, -0.2) is 37.1 Å². The Morgan fingerprint density at radius 3 is 1.80 bits per heavy atom. The molecule has 4 aromatic heterocycles. The Morgan fingerprint density at radius 2 is 1.16 bits per heavy atom. The summed E-state index contributed by atoms with van der Waals surface area (Å²) in [7, 11) is 0. The Kier molecular flexibility index (Phi) is 9.04. The number of nitrogens with zero attached hydrogens (tertiary/aromatic N) is 4. The number of aromatic nitrogens is 3. The van der Waals surface area contributed by atoms with Crippen molar-refractivity contribution in [3.8, 4) is 33.2 Å². The summed E-state index contributed by atoms with van der Waals surface area (Å²) in [4.78, 5) is 41.1. The second kappa shape index (κ2) is 14.2. The molecule has 0 saturated carbocycles. The first-order chi connectivity index (χ1) is 24.4. The van der Waals surface area contributed by atoms with Crippen molar-refractivity contribution in [3.05, 3.63) is 168 Å². The first-order valence-electron chi connectivity index (χ1n) is 15.6. The molecule has 0 aliphatic carbocycles. The van der Waals surface area contributed by atoms with E-state index in [2.05, 4.69) is 46.3 Å². The van der Waals surface area contributed by atoms with Crippen molar-refractivity contribution in [2.24, 2.45) is 0 Å². The molecule has 50 heavy (non-hydrogen) atoms. The minimum atomic E-state index is -1.16. The van der Waals surface area contributed by atoms with Gasteiger partial charge in [0, 0.05) is 22.4 Å². The highest BCUT2D eigenvalue weighted by Gasteiger charge is 2.18. The van der Waals surface area contributed by atoms with Crippen LogP contribution >= 0.6 is 11.3 Å². The number of rotatable bonds is 10. The SMILES string of the molecule is O=C(O)c1ccnc(-c2cc(C(=O)O)cc(-c3cc(-c4ccc(N(c5ccccc5)c5ccccc5)s4)cc(/C=C/c4ccccc4)n3)n2)c1. The van der Waals surface area contributed by atoms with E-state index in [1.165, 1.54) is 30.5 Å². The number of carboxylic acids is 2. The summed E-state index contributed by atoms with van der Waals surface area (Å²) in [5.74, 6) is -2.28. The molecule has 9 heteroatoms. The molecule has 0 fully saturated rings. The first kappa shape index (κ1) is 31.9. The zero-order valence-electron chi connectivity index (χ0n) is 26.4. The van der Waals surface area contributed by atoms with Gasteiger partial charge in [-0.3, -0.25) is 4.98 Å². The van der Waals surface area contributed by atoms with Crippen LogP contribution in [0.1, 0.15) is 32.0 Å². The molecular weight excluding hydrogens is 645 g/mol. The van der Waals surface area contributed by atoms with Crippen LogP contribution in [0.3, 0.4) is 0 Å². The zero-order chi connectivity index (χ0) is 34.5. The van der Waals surface area contributed by atoms with E-state index in [9.17, 15) is 19.8 Å². The Morgan fingerprint density at radius 1 is 0.580 bits per heavy atom. The number of anilines is 3. The maximum atomic E-state index is 12.3. The number of hydrogen-bond donors (Lipinski definition) is 2. The predicted molar refractivity (Wildman–Crippen MR) is 198 cm³/mol. The fourth-order valence-corrected chi connectivity index (χ4v) is 6.47. The standard InChI is InChI=1S/C41H28N4O4S/c46-40(47)28-20-21-42-34(23-28)35-25-30(41(48)49)26-37(44-35)36-24-29(22-31(43-36)17-16-27-10-4-1-5-11-27)38-18-19-39(50-38)45(32-12-6-2-7-13-32)33-14-8-3-9-15-33/h1-26H,(H,46,47)(H,48,49)/b17-16+. The van der Waals surface area contributed by atoms with Gasteiger partial charge in [-0.2, -0.15) is 0 Å². The van der Waals surface area contributed by atoms with Crippen molar-refractivity contribution >= 4 is 51.8 Å². The smallest absolute Gasteiger partial charge is 0.335 e. The van der Waals surface area contributed by atoms with Gasteiger partial charge in [-0.25, -0.2) is 19.6 Å². The first-order valence-corrected chi connectivity index (χ1v) is 16.4. The van der Waals surface area contributed by atoms with E-state index >= 15 is 0 Å². The maximum Gasteiger partial charge on any atom is 0.335 e. The van der Waals surface area contributed by atoms with Crippen molar-refractivity contribution in [1.29, 1.82) is 0 Å². The largest absolute Gasteiger partial charge is 0.478 e. The summed E-state index contributed by atoms with van der Waals surface area (Å²) in [5, 5.41) is 20.6. The molecule has 0 unspecified atom stereocenters. The van der Waals surface area contributed by atoms with Crippen molar-refractivity contribution in [2.45, 2.75) is 0 Å². The lowest BCUT2D eigenvalue weighted by molar-refractivity contribution is 0.0686. The summed E-state index contributed by atoms with van der Waals surface area (Å²) in [5.41, 5.74) is 5.77. The number of hydrogen-bond acceptors (Lipinski definition) is 7. The van der Waals surface area contributed by atoms with Gasteiger partial charge in [0.25, 0.3) is 0 Å². The molecule has 0 aliphatic rings. The Labute approximate surface area is 292 Å². The molecule has 3 aromatic carbocycles. The molecule has 242 valence electrons. The number of para-hydroxylation sites is 2. The van der Waals surface area contributed by atoms with Crippen LogP contribution in [0.5, 0.6) is 0 Å². The number of aromatic carboxylic acids is 2. The van der Waals surface area contributed by atoms with E-state index in [1.807, 2.05) is 91.0 Å². The minimum absolute atomic E-state index is 0.0149. The quantitative estimate of drug-likeness (QED) is 0.147. The van der Waals surface area contributed by atoms with Crippen LogP contribution in [0.25, 0.3) is 45.4 Å². The summed E-state index contributed by atoms with van der Waals surface area (Å²) in [6.45, 7) is 0. The number of thiophene rings is 1. The average molecular weight is 673 g/mol. The summed E-state index contributed by atoms with van der Waals surface area (Å²) in [6.07, 6.45) is 5.24. The predicted octanol–water partition coefficient (Wildman–Crippen LogP) is 9.97. The molecule has 0 amide bonds. The Bertz CT molecular complexity index is 2300. The van der Waals surface area contributed by atoms with Crippen molar-refractivity contribution in [1.82, 2.24) is 15.0 Å². The van der Waals surface area contributed by atoms with Crippen LogP contribution in [0.2, 0.25) is 0 Å². The molecular formula is C41H28N4O4S. The normalized spacial score (nSPS) is 11.0. The fourth-order valence-electron chi connectivity index (χ4n) is 5.44. The summed E-state index contributed by atoms with van der Waals surface area (Å²) in [6, 6.07) is 43.8. The van der Waals surface area contributed by atoms with E-state index in [1.54, 1.807) is 11.3 Å². The van der Waals surface area contributed by atoms with Crippen LogP contribution in [-0.2, 0) is 0 Å². The lowest BCUT2D eigenvalue weighted by atomic mass is 10.1. The topological polar surface area (TPSA) is 117 Å². The highest BCUT2D eigenvalue weighted by atomic mass is 32.1. The molecule has 0 aliphatic heterocycles. The second-order valence-corrected chi connectivity index (χ2v) is 12.3. The third-order valence-corrected chi connectivity index (χ3v) is 8.94. The third-order valence-electron chi connectivity index (χ3n) is 7.82. The monoisotopic (exact) mass is 672 g/mol. The lowest BCUT2D eigenvalue weighted by Crippen LogP contribution is -2.07. The Hall–Kier alpha value is -6.71. The van der Waals surface area contributed by atoms with Gasteiger partial charge in [0.15, 0.2) is 0 Å². The molecule has 4 heterocycles. The van der Waals surface area contributed by atoms with Gasteiger partial charge < -0.3 is 15.1 Å². The van der Waals surface area contributed by atoms with E-state index < -0.39 is 11.9 Å². The molecule has 0 bridgehead atoms. The number of pyridine rings is 3. The van der Waals surface area contributed by atoms with E-state index in [0.29, 0.717) is 17.1 Å². The van der Waals surface area contributed by atoms with E-state index in [-0.39, 0.29) is 22.5 Å². The van der Waals surface area contributed by atoms with Crippen molar-refractivity contribution in [3.63, 3.8) is 0 Å². The van der Waals surface area contributed by atoms with Gasteiger partial charge in [0.2, 0.25) is 0 Å². The van der Waals surface area contributed by atoms with Gasteiger partial charge in [-0.1, -0.05) is 72.8 Å². The average Bonchev–Trinajstić information content (AvgIpc) is 3.65. The van der Waals surface area contributed by atoms with Gasteiger partial charge in [0.1, 0.15) is 5.00 Å². The van der Waals surface area contributed by atoms with Crippen LogP contribution < -0.4 is 4.90 Å². The van der Waals surface area contributed by atoms with Crippen LogP contribution in [0.15, 0.2) is 146 Å². The highest BCUT2D eigenvalue weighted by molar-refractivity contribution is 7.19. The molecule has 2 N–H and O–H groups in total. The van der Waals surface area contributed by atoms with E-state index in [4.69, 9.17) is 9.97 Å². The molecule has 7 aromatic rings. The van der Waals surface area contributed by atoms with Gasteiger partial charge in [-0.15, -0.1) is 11.3 Å². The second-order valence-electron chi connectivity index (χ2n) is 11.2. The summed E-state index contributed by atoms with van der Waals surface area (Å²) >= 11 is 1.62. The van der Waals surface area contributed by atoms with Crippen LogP contribution in [0.4, 0.5) is 16.4 Å². The van der Waals surface area contributed by atoms with Crippen molar-refractivity contribution in [2.75, 3.05) is 4.90 Å². The third kappa shape index (κ3) is 7.08. The van der Waals surface area contributed by atoms with Gasteiger partial charge >= 0.3 is 11.9 Å². The summed E-state index contributed by atoms with van der Waals surface area (Å²) < 4.78 is 0. The van der Waals surface area contributed by atoms with Crippen LogP contribution in [0, 0.1) is 0 Å².